The third kappa shape index (κ3) is 4.63. The molecule has 6 atom stereocenters. The summed E-state index contributed by atoms with van der Waals surface area (Å²) in [5.41, 5.74) is 8.49. The highest BCUT2D eigenvalue weighted by atomic mass is 16.2. The van der Waals surface area contributed by atoms with E-state index in [1.165, 1.54) is 5.57 Å². The van der Waals surface area contributed by atoms with Gasteiger partial charge in [-0.1, -0.05) is 42.5 Å². The number of rotatable bonds is 9. The van der Waals surface area contributed by atoms with Crippen LogP contribution in [-0.2, 0) is 23.1 Å². The number of carbonyl (C=O) groups excluding carboxylic acids is 2. The summed E-state index contributed by atoms with van der Waals surface area (Å²) in [6.07, 6.45) is 6.04. The maximum Gasteiger partial charge on any atom is 0.253 e. The maximum absolute atomic E-state index is 13.9. The van der Waals surface area contributed by atoms with Crippen LogP contribution in [0.3, 0.4) is 0 Å². The molecule has 3 unspecified atom stereocenters. The van der Waals surface area contributed by atoms with Crippen molar-refractivity contribution in [3.63, 3.8) is 0 Å². The monoisotopic (exact) mass is 671 g/mol. The van der Waals surface area contributed by atoms with E-state index in [1.807, 2.05) is 36.0 Å². The van der Waals surface area contributed by atoms with E-state index in [1.54, 1.807) is 19.0 Å². The van der Waals surface area contributed by atoms with Crippen LogP contribution in [0, 0.1) is 28.6 Å². The summed E-state index contributed by atoms with van der Waals surface area (Å²) in [6, 6.07) is 14.9. The number of H-pyrrole nitrogens is 1. The number of tetrazole rings is 1. The zero-order valence-corrected chi connectivity index (χ0v) is 29.6. The minimum atomic E-state index is -0.880. The van der Waals surface area contributed by atoms with Gasteiger partial charge >= 0.3 is 0 Å². The number of aromatic amines is 1. The Morgan fingerprint density at radius 2 is 1.64 bits per heavy atom. The molecule has 9 rings (SSSR count). The summed E-state index contributed by atoms with van der Waals surface area (Å²) in [6.45, 7) is 6.69. The fraction of sp³-hybridized carbons (Fsp3) is 0.487. The van der Waals surface area contributed by atoms with Gasteiger partial charge in [-0.05, 0) is 95.9 Å². The van der Waals surface area contributed by atoms with Crippen molar-refractivity contribution in [2.45, 2.75) is 69.4 Å². The first-order chi connectivity index (χ1) is 24.0. The van der Waals surface area contributed by atoms with Gasteiger partial charge in [0.05, 0.1) is 18.0 Å². The third-order valence-electron chi connectivity index (χ3n) is 12.5. The first kappa shape index (κ1) is 32.2. The molecule has 2 bridgehead atoms. The predicted molar refractivity (Wildman–Crippen MR) is 188 cm³/mol. The van der Waals surface area contributed by atoms with Gasteiger partial charge in [0, 0.05) is 63.5 Å². The van der Waals surface area contributed by atoms with E-state index in [2.05, 4.69) is 64.7 Å². The Hall–Kier alpha value is -4.98. The van der Waals surface area contributed by atoms with Crippen LogP contribution in [0.4, 0.5) is 0 Å². The van der Waals surface area contributed by atoms with Gasteiger partial charge in [-0.15, -0.1) is 10.2 Å². The number of allylic oxidation sites excluding steroid dienone is 2. The second kappa shape index (κ2) is 11.5. The molecule has 5 fully saturated rings. The lowest BCUT2D eigenvalue weighted by atomic mass is 9.68. The van der Waals surface area contributed by atoms with Crippen LogP contribution >= 0.6 is 0 Å². The van der Waals surface area contributed by atoms with Gasteiger partial charge in [0.25, 0.3) is 5.91 Å². The smallest absolute Gasteiger partial charge is 0.253 e. The van der Waals surface area contributed by atoms with E-state index in [0.717, 1.165) is 77.7 Å². The molecule has 0 radical (unpaired) electrons. The van der Waals surface area contributed by atoms with Gasteiger partial charge in [0.15, 0.2) is 5.82 Å². The topological polar surface area (TPSA) is 134 Å². The molecule has 6 aliphatic rings. The zero-order valence-electron chi connectivity index (χ0n) is 29.6. The van der Waals surface area contributed by atoms with E-state index >= 15 is 0 Å². The lowest BCUT2D eigenvalue weighted by molar-refractivity contribution is -0.130. The Balaban J connectivity index is 1.25. The number of hydrogen-bond acceptors (Lipinski definition) is 8. The Morgan fingerprint density at radius 3 is 2.22 bits per heavy atom. The number of aryl methyl sites for hydroxylation is 2. The number of piperidine rings is 1. The number of hydrogen-bond donors (Lipinski definition) is 2. The van der Waals surface area contributed by atoms with E-state index in [-0.39, 0.29) is 35.9 Å². The summed E-state index contributed by atoms with van der Waals surface area (Å²) in [5.74, 6) is 1.29. The molecular formula is C39H45N9O2. The van der Waals surface area contributed by atoms with Crippen molar-refractivity contribution in [2.75, 3.05) is 34.7 Å². The highest BCUT2D eigenvalue weighted by Gasteiger charge is 2.93. The van der Waals surface area contributed by atoms with Crippen LogP contribution in [0.1, 0.15) is 83.0 Å². The van der Waals surface area contributed by atoms with Crippen molar-refractivity contribution in [1.82, 2.24) is 40.6 Å². The van der Waals surface area contributed by atoms with Gasteiger partial charge in [0.1, 0.15) is 6.04 Å². The van der Waals surface area contributed by atoms with Crippen molar-refractivity contribution in [3.8, 4) is 6.07 Å². The number of benzene rings is 2. The molecule has 11 heteroatoms. The fourth-order valence-electron chi connectivity index (χ4n) is 9.71. The van der Waals surface area contributed by atoms with Crippen LogP contribution in [0.5, 0.6) is 0 Å². The van der Waals surface area contributed by atoms with Gasteiger partial charge in [-0.25, -0.2) is 0 Å². The first-order valence-electron chi connectivity index (χ1n) is 17.8. The molecule has 1 aromatic heterocycles. The highest BCUT2D eigenvalue weighted by Crippen LogP contribution is 2.87. The largest absolute Gasteiger partial charge is 0.380 e. The number of aromatic nitrogens is 4. The number of carbonyl (C=O) groups is 2. The summed E-state index contributed by atoms with van der Waals surface area (Å²) in [4.78, 5) is 32.6. The van der Waals surface area contributed by atoms with Crippen molar-refractivity contribution >= 4 is 17.5 Å². The lowest BCUT2D eigenvalue weighted by Crippen LogP contribution is -2.42. The fourth-order valence-corrected chi connectivity index (χ4v) is 9.71. The Bertz CT molecular complexity index is 1910. The average molecular weight is 672 g/mol. The van der Waals surface area contributed by atoms with Gasteiger partial charge in [0.2, 0.25) is 5.91 Å². The molecule has 11 nitrogen and oxygen atoms in total. The standard InChI is InChI=1S/C39H45N9O2/c1-22(46(3)4)24-13-15-28-25(17-24)11-12-26-18-27(36(50)47(5)6)14-16-29(26)39(28,37-42-44-45-43-37)19-30(23-9-7-8-10-23)41-21-32(49)48-31(20-40)33-34-35(48)38(33,34)2/h13-18,31,33-35,41H,1,7-12,19,21H2,2-6H3,(H,42,43,44,45)/t31?,33?,34-,35+,38-,39?/m0/s1. The van der Waals surface area contributed by atoms with E-state index in [9.17, 15) is 14.9 Å². The molecule has 2 aromatic carbocycles. The first-order valence-corrected chi connectivity index (χ1v) is 17.8. The molecular weight excluding hydrogens is 626 g/mol. The minimum Gasteiger partial charge on any atom is -0.380 e. The SMILES string of the molecule is C=C(c1ccc2c(c1)CCc1cc(C(=O)N(C)C)ccc1C2(CC(NCC(=O)N1C(C#N)C2[C@H]3[C@@H]1[C@@]23C)=C1CCCC1)c1nn[nH]n1)N(C)C. The van der Waals surface area contributed by atoms with Crippen molar-refractivity contribution in [2.24, 2.45) is 17.3 Å². The number of nitriles is 1. The third-order valence-corrected chi connectivity index (χ3v) is 12.5. The number of nitrogens with one attached hydrogen (secondary N) is 2. The molecule has 2 amide bonds. The van der Waals surface area contributed by atoms with E-state index in [0.29, 0.717) is 29.6 Å². The van der Waals surface area contributed by atoms with Gasteiger partial charge < -0.3 is 20.0 Å². The second-order valence-electron chi connectivity index (χ2n) is 15.5. The number of amides is 2. The maximum atomic E-state index is 13.9. The molecule has 0 spiro atoms. The zero-order chi connectivity index (χ0) is 35.1. The molecule has 258 valence electrons. The molecule has 3 heterocycles. The molecule has 2 saturated heterocycles. The van der Waals surface area contributed by atoms with Crippen LogP contribution in [0.25, 0.3) is 5.70 Å². The van der Waals surface area contributed by atoms with Crippen LogP contribution in [0.15, 0.2) is 54.2 Å². The highest BCUT2D eigenvalue weighted by molar-refractivity contribution is 5.94. The van der Waals surface area contributed by atoms with Crippen LogP contribution in [0.2, 0.25) is 0 Å². The molecule has 3 saturated carbocycles. The lowest BCUT2D eigenvalue weighted by Gasteiger charge is -2.36. The van der Waals surface area contributed by atoms with Crippen molar-refractivity contribution in [3.05, 3.63) is 93.5 Å². The summed E-state index contributed by atoms with van der Waals surface area (Å²) in [7, 11) is 7.53. The molecule has 2 aliphatic heterocycles. The number of nitrogens with zero attached hydrogens (tertiary/aromatic N) is 7. The number of fused-ring (bicyclic) bond motifs is 3. The van der Waals surface area contributed by atoms with Crippen molar-refractivity contribution < 1.29 is 9.59 Å². The van der Waals surface area contributed by atoms with Crippen LogP contribution < -0.4 is 5.32 Å². The van der Waals surface area contributed by atoms with E-state index < -0.39 is 5.41 Å². The van der Waals surface area contributed by atoms with Gasteiger partial charge in [-0.2, -0.15) is 10.5 Å². The molecule has 4 aliphatic carbocycles. The quantitative estimate of drug-likeness (QED) is 0.348. The Labute approximate surface area is 293 Å². The molecule has 50 heavy (non-hydrogen) atoms. The normalized spacial score (nSPS) is 28.1. The minimum absolute atomic E-state index is 0.0136. The van der Waals surface area contributed by atoms with Crippen molar-refractivity contribution in [1.29, 1.82) is 5.26 Å². The second-order valence-corrected chi connectivity index (χ2v) is 15.5. The Kier molecular flexibility index (Phi) is 7.44. The van der Waals surface area contributed by atoms with Crippen LogP contribution in [-0.4, -0.2) is 94.0 Å². The van der Waals surface area contributed by atoms with Gasteiger partial charge in [-0.3, -0.25) is 9.59 Å². The Morgan fingerprint density at radius 1 is 1.00 bits per heavy atom. The molecule has 3 aromatic rings. The summed E-state index contributed by atoms with van der Waals surface area (Å²) >= 11 is 0. The summed E-state index contributed by atoms with van der Waals surface area (Å²) in [5, 5.41) is 29.8. The van der Waals surface area contributed by atoms with E-state index in [4.69, 9.17) is 5.10 Å². The predicted octanol–water partition coefficient (Wildman–Crippen LogP) is 4.04. The molecule has 2 N–H and O–H groups in total. The average Bonchev–Trinajstić information content (AvgIpc) is 3.58. The summed E-state index contributed by atoms with van der Waals surface area (Å²) < 4.78 is 0.